The van der Waals surface area contributed by atoms with Crippen LogP contribution in [0.1, 0.15) is 41.7 Å². The molecular formula is C13H12F3N3O. The molecule has 0 aliphatic heterocycles. The van der Waals surface area contributed by atoms with Gasteiger partial charge in [-0.2, -0.15) is 18.4 Å². The van der Waals surface area contributed by atoms with Gasteiger partial charge in [-0.1, -0.05) is 0 Å². The molecule has 0 bridgehead atoms. The van der Waals surface area contributed by atoms with E-state index in [1.54, 1.807) is 0 Å². The van der Waals surface area contributed by atoms with Crippen molar-refractivity contribution < 1.29 is 18.0 Å². The number of nitrogens with zero attached hydrogens (tertiary/aromatic N) is 2. The fourth-order valence-electron chi connectivity index (χ4n) is 2.23. The molecule has 0 radical (unpaired) electrons. The van der Waals surface area contributed by atoms with E-state index in [1.165, 1.54) is 0 Å². The minimum Gasteiger partial charge on any atom is -0.334 e. The summed E-state index contributed by atoms with van der Waals surface area (Å²) in [6, 6.07) is 3.89. The van der Waals surface area contributed by atoms with Crippen LogP contribution in [0.25, 0.3) is 0 Å². The number of carbonyl (C=O) groups excluding carboxylic acids is 1. The summed E-state index contributed by atoms with van der Waals surface area (Å²) in [5.41, 5.74) is -1.94. The van der Waals surface area contributed by atoms with Crippen LogP contribution in [-0.4, -0.2) is 16.4 Å². The third-order valence-corrected chi connectivity index (χ3v) is 3.34. The third-order valence-electron chi connectivity index (χ3n) is 3.34. The maximum absolute atomic E-state index is 12.4. The highest BCUT2D eigenvalue weighted by molar-refractivity contribution is 5.94. The quantitative estimate of drug-likeness (QED) is 0.907. The van der Waals surface area contributed by atoms with Crippen molar-refractivity contribution in [1.82, 2.24) is 10.3 Å². The van der Waals surface area contributed by atoms with Gasteiger partial charge in [0.25, 0.3) is 5.91 Å². The normalized spacial score (nSPS) is 17.5. The zero-order chi connectivity index (χ0) is 14.8. The van der Waals surface area contributed by atoms with Gasteiger partial charge in [-0.05, 0) is 37.8 Å². The van der Waals surface area contributed by atoms with Gasteiger partial charge in [0.15, 0.2) is 0 Å². The topological polar surface area (TPSA) is 65.8 Å². The molecule has 1 aliphatic carbocycles. The fraction of sp³-hybridized carbons (Fsp3) is 0.462. The summed E-state index contributed by atoms with van der Waals surface area (Å²) in [4.78, 5) is 15.2. The number of alkyl halides is 3. The first-order chi connectivity index (χ1) is 9.36. The highest BCUT2D eigenvalue weighted by atomic mass is 19.4. The van der Waals surface area contributed by atoms with Crippen LogP contribution in [0.2, 0.25) is 0 Å². The van der Waals surface area contributed by atoms with Crippen molar-refractivity contribution >= 4 is 5.91 Å². The molecule has 106 valence electrons. The Balaban J connectivity index is 2.12. The first kappa shape index (κ1) is 14.3. The maximum atomic E-state index is 12.4. The van der Waals surface area contributed by atoms with Gasteiger partial charge < -0.3 is 5.32 Å². The van der Waals surface area contributed by atoms with E-state index < -0.39 is 23.3 Å². The third kappa shape index (κ3) is 2.90. The number of hydrogen-bond acceptors (Lipinski definition) is 3. The molecule has 4 nitrogen and oxygen atoms in total. The van der Waals surface area contributed by atoms with E-state index in [2.05, 4.69) is 16.4 Å². The molecule has 1 aliphatic rings. The van der Waals surface area contributed by atoms with Crippen LogP contribution in [0.5, 0.6) is 0 Å². The molecule has 1 heterocycles. The molecule has 1 aromatic heterocycles. The Kier molecular flexibility index (Phi) is 3.66. The number of halogens is 3. The largest absolute Gasteiger partial charge is 0.433 e. The van der Waals surface area contributed by atoms with Gasteiger partial charge in [0.2, 0.25) is 0 Å². The van der Waals surface area contributed by atoms with Crippen LogP contribution in [0.15, 0.2) is 18.3 Å². The first-order valence-electron chi connectivity index (χ1n) is 6.13. The van der Waals surface area contributed by atoms with Crippen molar-refractivity contribution in [3.8, 4) is 6.07 Å². The molecule has 1 fully saturated rings. The highest BCUT2D eigenvalue weighted by Gasteiger charge is 2.36. The molecular weight excluding hydrogens is 271 g/mol. The van der Waals surface area contributed by atoms with E-state index in [-0.39, 0.29) is 5.56 Å². The molecule has 20 heavy (non-hydrogen) atoms. The summed E-state index contributed by atoms with van der Waals surface area (Å²) < 4.78 is 37.1. The average molecular weight is 283 g/mol. The lowest BCUT2D eigenvalue weighted by atomic mass is 9.99. The molecule has 0 unspecified atom stereocenters. The average Bonchev–Trinajstić information content (AvgIpc) is 2.87. The lowest BCUT2D eigenvalue weighted by Crippen LogP contribution is -2.45. The fourth-order valence-corrected chi connectivity index (χ4v) is 2.23. The zero-order valence-electron chi connectivity index (χ0n) is 10.5. The van der Waals surface area contributed by atoms with Gasteiger partial charge in [0.05, 0.1) is 11.6 Å². The van der Waals surface area contributed by atoms with Gasteiger partial charge in [0.1, 0.15) is 11.2 Å². The van der Waals surface area contributed by atoms with Crippen LogP contribution in [0.3, 0.4) is 0 Å². The molecule has 2 rings (SSSR count). The molecule has 7 heteroatoms. The van der Waals surface area contributed by atoms with Crippen LogP contribution < -0.4 is 5.32 Å². The van der Waals surface area contributed by atoms with Crippen molar-refractivity contribution in [3.05, 3.63) is 29.6 Å². The lowest BCUT2D eigenvalue weighted by molar-refractivity contribution is -0.141. The van der Waals surface area contributed by atoms with Crippen LogP contribution in [0.4, 0.5) is 13.2 Å². The van der Waals surface area contributed by atoms with Crippen molar-refractivity contribution in [1.29, 1.82) is 5.26 Å². The Bertz CT molecular complexity index is 539. The van der Waals surface area contributed by atoms with Gasteiger partial charge in [-0.15, -0.1) is 0 Å². The van der Waals surface area contributed by atoms with E-state index >= 15 is 0 Å². The zero-order valence-corrected chi connectivity index (χ0v) is 10.5. The SMILES string of the molecule is N#CC1(NC(=O)c2ccc(C(F)(F)F)nc2)CCCC1. The molecule has 0 saturated heterocycles. The summed E-state index contributed by atoms with van der Waals surface area (Å²) in [6.45, 7) is 0. The van der Waals surface area contributed by atoms with Gasteiger partial charge in [-0.3, -0.25) is 9.78 Å². The molecule has 0 atom stereocenters. The van der Waals surface area contributed by atoms with E-state index in [1.807, 2.05) is 0 Å². The number of nitriles is 1. The molecule has 0 spiro atoms. The number of hydrogen-bond donors (Lipinski definition) is 1. The molecule has 1 amide bonds. The Morgan fingerprint density at radius 3 is 2.45 bits per heavy atom. The Morgan fingerprint density at radius 1 is 1.35 bits per heavy atom. The maximum Gasteiger partial charge on any atom is 0.433 e. The Labute approximate surface area is 113 Å². The molecule has 0 aromatic carbocycles. The number of amides is 1. The minimum atomic E-state index is -4.53. The van der Waals surface area contributed by atoms with Crippen LogP contribution in [-0.2, 0) is 6.18 Å². The first-order valence-corrected chi connectivity index (χ1v) is 6.13. The molecule has 1 saturated carbocycles. The predicted molar refractivity (Wildman–Crippen MR) is 63.5 cm³/mol. The minimum absolute atomic E-state index is 0.0134. The molecule has 1 N–H and O–H groups in total. The van der Waals surface area contributed by atoms with Crippen molar-refractivity contribution in [3.63, 3.8) is 0 Å². The van der Waals surface area contributed by atoms with Crippen LogP contribution >= 0.6 is 0 Å². The molecule has 1 aromatic rings. The van der Waals surface area contributed by atoms with Crippen molar-refractivity contribution in [2.45, 2.75) is 37.4 Å². The number of carbonyl (C=O) groups is 1. The number of aromatic nitrogens is 1. The Hall–Kier alpha value is -2.10. The number of pyridine rings is 1. The second kappa shape index (κ2) is 5.12. The van der Waals surface area contributed by atoms with Gasteiger partial charge in [-0.25, -0.2) is 0 Å². The lowest BCUT2D eigenvalue weighted by Gasteiger charge is -2.21. The summed E-state index contributed by atoms with van der Waals surface area (Å²) in [7, 11) is 0. The monoisotopic (exact) mass is 283 g/mol. The summed E-state index contributed by atoms with van der Waals surface area (Å²) in [5.74, 6) is -0.574. The van der Waals surface area contributed by atoms with Crippen LogP contribution in [0, 0.1) is 11.3 Å². The van der Waals surface area contributed by atoms with E-state index in [0.29, 0.717) is 12.8 Å². The number of nitrogens with one attached hydrogen (secondary N) is 1. The van der Waals surface area contributed by atoms with E-state index in [4.69, 9.17) is 5.26 Å². The van der Waals surface area contributed by atoms with Gasteiger partial charge >= 0.3 is 6.18 Å². The smallest absolute Gasteiger partial charge is 0.334 e. The van der Waals surface area contributed by atoms with Gasteiger partial charge in [0, 0.05) is 6.20 Å². The standard InChI is InChI=1S/C13H12F3N3O/c14-13(15,16)10-4-3-9(7-18-10)11(20)19-12(8-17)5-1-2-6-12/h3-4,7H,1-2,5-6H2,(H,19,20). The predicted octanol–water partition coefficient (Wildman–Crippen LogP) is 2.67. The second-order valence-corrected chi connectivity index (χ2v) is 4.79. The second-order valence-electron chi connectivity index (χ2n) is 4.79. The summed E-state index contributed by atoms with van der Waals surface area (Å²) >= 11 is 0. The summed E-state index contributed by atoms with van der Waals surface area (Å²) in [5, 5.41) is 11.7. The van der Waals surface area contributed by atoms with Crippen molar-refractivity contribution in [2.75, 3.05) is 0 Å². The van der Waals surface area contributed by atoms with E-state index in [0.717, 1.165) is 31.2 Å². The summed E-state index contributed by atoms with van der Waals surface area (Å²) in [6.07, 6.45) is -0.850. The number of rotatable bonds is 2. The Morgan fingerprint density at radius 2 is 2.00 bits per heavy atom. The van der Waals surface area contributed by atoms with E-state index in [9.17, 15) is 18.0 Å². The van der Waals surface area contributed by atoms with Crippen molar-refractivity contribution in [2.24, 2.45) is 0 Å². The highest BCUT2D eigenvalue weighted by Crippen LogP contribution is 2.30.